The van der Waals surface area contributed by atoms with E-state index in [-0.39, 0.29) is 55.3 Å². The van der Waals surface area contributed by atoms with Crippen LogP contribution in [0.25, 0.3) is 31.8 Å². The van der Waals surface area contributed by atoms with Gasteiger partial charge in [-0.3, -0.25) is 29.6 Å². The average Bonchev–Trinajstić information content (AvgIpc) is 4.18. The highest BCUT2D eigenvalue weighted by Crippen LogP contribution is 2.35. The highest BCUT2D eigenvalue weighted by atomic mass is 32.1. The van der Waals surface area contributed by atoms with Gasteiger partial charge in [-0.15, -0.1) is 11.3 Å². The summed E-state index contributed by atoms with van der Waals surface area (Å²) in [7, 11) is 0. The first-order valence-corrected chi connectivity index (χ1v) is 26.8. The number of anilines is 2. The molecule has 1 saturated carbocycles. The second-order valence-electron chi connectivity index (χ2n) is 19.7. The summed E-state index contributed by atoms with van der Waals surface area (Å²) in [6, 6.07) is 16.5. The number of pyridine rings is 1. The maximum absolute atomic E-state index is 14.3. The Hall–Kier alpha value is -6.12. The van der Waals surface area contributed by atoms with Crippen LogP contribution in [0.5, 0.6) is 0 Å². The summed E-state index contributed by atoms with van der Waals surface area (Å²) in [5.74, 6) is -1.05. The van der Waals surface area contributed by atoms with Crippen LogP contribution in [0.2, 0.25) is 0 Å². The lowest BCUT2D eigenvalue weighted by Crippen LogP contribution is -2.50. The number of carbonyl (C=O) groups is 4. The first-order chi connectivity index (χ1) is 34.7. The van der Waals surface area contributed by atoms with E-state index < -0.39 is 24.2 Å². The van der Waals surface area contributed by atoms with E-state index in [0.717, 1.165) is 81.8 Å². The fraction of sp³-hybridized carbons (Fsp3) is 0.472. The number of aryl methyl sites for hydroxylation is 3. The van der Waals surface area contributed by atoms with Gasteiger partial charge in [0.15, 0.2) is 5.13 Å². The average molecular weight is 1020 g/mol. The maximum Gasteiger partial charge on any atom is 0.411 e. The Kier molecular flexibility index (Phi) is 16.1. The van der Waals surface area contributed by atoms with E-state index in [2.05, 4.69) is 53.0 Å². The van der Waals surface area contributed by atoms with Crippen molar-refractivity contribution in [3.05, 3.63) is 94.7 Å². The van der Waals surface area contributed by atoms with Gasteiger partial charge in [-0.2, -0.15) is 0 Å². The molecule has 4 atom stereocenters. The molecule has 4 amide bonds. The standard InChI is InChI=1S/C53H64N10O7S2/c1-31(2)48(45-23-32(3)60-70-45)51(67)63-28-39(64)26-44(63)50(66)56-41(35-11-13-36(14-12-35)49-34(5)55-30-71-49)17-18-61-19-21-62(22-20-61)29-47(65)59-52-57-42-16-15-37(25-46(42)72-52)38-24-43(33(4)54-27-38)58-53(68)69-40-9-7-6-8-10-40/h11-16,23-25,27,30-31,39-41,44,48,64H,6-10,17-22,26,28-29H2,1-5H3,(H,56,66)(H,58,68)(H,57,59,65)/t39-,41+,44+,48-/m1/s1. The zero-order valence-electron chi connectivity index (χ0n) is 41.6. The summed E-state index contributed by atoms with van der Waals surface area (Å²) < 4.78 is 12.1. The molecule has 380 valence electrons. The number of benzene rings is 2. The number of aromatic nitrogens is 4. The first kappa shape index (κ1) is 50.8. The molecule has 0 bridgehead atoms. The number of nitrogens with one attached hydrogen (secondary N) is 3. The van der Waals surface area contributed by atoms with Crippen LogP contribution in [0.1, 0.15) is 99.2 Å². The molecular formula is C53H64N10O7S2. The van der Waals surface area contributed by atoms with Crippen LogP contribution < -0.4 is 16.0 Å². The van der Waals surface area contributed by atoms with Crippen molar-refractivity contribution in [1.29, 1.82) is 0 Å². The highest BCUT2D eigenvalue weighted by molar-refractivity contribution is 7.22. The number of rotatable bonds is 16. The molecule has 17 nitrogen and oxygen atoms in total. The lowest BCUT2D eigenvalue weighted by atomic mass is 9.91. The molecule has 1 aliphatic carbocycles. The van der Waals surface area contributed by atoms with E-state index in [1.807, 2.05) is 69.6 Å². The third-order valence-corrected chi connectivity index (χ3v) is 16.0. The predicted octanol–water partition coefficient (Wildman–Crippen LogP) is 8.48. The Morgan fingerprint density at radius 1 is 0.875 bits per heavy atom. The molecule has 4 aromatic heterocycles. The Morgan fingerprint density at radius 2 is 1.62 bits per heavy atom. The number of likely N-dealkylation sites (tertiary alicyclic amines) is 1. The van der Waals surface area contributed by atoms with Crippen molar-refractivity contribution in [2.75, 3.05) is 56.4 Å². The minimum absolute atomic E-state index is 0.0490. The minimum atomic E-state index is -0.855. The van der Waals surface area contributed by atoms with E-state index in [1.165, 1.54) is 22.7 Å². The van der Waals surface area contributed by atoms with Crippen molar-refractivity contribution in [2.45, 2.75) is 110 Å². The van der Waals surface area contributed by atoms with Crippen molar-refractivity contribution in [1.82, 2.24) is 40.1 Å². The van der Waals surface area contributed by atoms with Crippen LogP contribution in [0, 0.1) is 26.7 Å². The molecule has 19 heteroatoms. The fourth-order valence-corrected chi connectivity index (χ4v) is 11.8. The number of aliphatic hydroxyl groups excluding tert-OH is 1. The van der Waals surface area contributed by atoms with Crippen molar-refractivity contribution in [3.8, 4) is 21.6 Å². The number of hydrogen-bond acceptors (Lipinski definition) is 15. The smallest absolute Gasteiger partial charge is 0.411 e. The number of aliphatic hydroxyl groups is 1. The van der Waals surface area contributed by atoms with Gasteiger partial charge in [0, 0.05) is 63.5 Å². The number of thiazole rings is 2. The van der Waals surface area contributed by atoms with Crippen molar-refractivity contribution < 1.29 is 33.5 Å². The lowest BCUT2D eigenvalue weighted by Gasteiger charge is -2.35. The Bertz CT molecular complexity index is 2870. The van der Waals surface area contributed by atoms with E-state index in [0.29, 0.717) is 54.0 Å². The molecule has 2 aromatic carbocycles. The Labute approximate surface area is 427 Å². The number of amides is 4. The third kappa shape index (κ3) is 12.2. The van der Waals surface area contributed by atoms with Gasteiger partial charge in [0.25, 0.3) is 0 Å². The SMILES string of the molecule is Cc1cc([C@H](C(=O)N2C[C@H](O)C[C@H]2C(=O)N[C@@H](CCN2CCN(CC(=O)Nc3nc4ccc(-c5cnc(C)c(NC(=O)OC6CCCCC6)c5)cc4s3)CC2)c2ccc(-c3scnc3C)cc2)C(C)C)on1. The van der Waals surface area contributed by atoms with E-state index in [9.17, 15) is 24.3 Å². The quantitative estimate of drug-likeness (QED) is 0.0718. The van der Waals surface area contributed by atoms with Crippen LogP contribution in [-0.4, -0.2) is 128 Å². The van der Waals surface area contributed by atoms with Crippen molar-refractivity contribution in [3.63, 3.8) is 0 Å². The molecule has 2 aliphatic heterocycles. The van der Waals surface area contributed by atoms with Crippen LogP contribution >= 0.6 is 22.7 Å². The molecule has 72 heavy (non-hydrogen) atoms. The number of fused-ring (bicyclic) bond motifs is 1. The van der Waals surface area contributed by atoms with Crippen LogP contribution in [0.4, 0.5) is 15.6 Å². The summed E-state index contributed by atoms with van der Waals surface area (Å²) in [5.41, 5.74) is 9.26. The van der Waals surface area contributed by atoms with Crippen LogP contribution in [0.3, 0.4) is 0 Å². The molecule has 3 aliphatic rings. The molecule has 6 aromatic rings. The zero-order valence-corrected chi connectivity index (χ0v) is 43.2. The number of piperazine rings is 1. The fourth-order valence-electron chi connectivity index (χ4n) is 10.1. The number of nitrogens with zero attached hydrogens (tertiary/aromatic N) is 7. The summed E-state index contributed by atoms with van der Waals surface area (Å²) in [5, 5.41) is 24.6. The summed E-state index contributed by atoms with van der Waals surface area (Å²) in [6.07, 6.45) is 6.30. The van der Waals surface area contributed by atoms with E-state index in [4.69, 9.17) is 14.2 Å². The normalized spacial score (nSPS) is 18.8. The Morgan fingerprint density at radius 3 is 2.33 bits per heavy atom. The minimum Gasteiger partial charge on any atom is -0.446 e. The van der Waals surface area contributed by atoms with Crippen molar-refractivity contribution >= 4 is 67.5 Å². The van der Waals surface area contributed by atoms with Crippen LogP contribution in [-0.2, 0) is 19.1 Å². The van der Waals surface area contributed by atoms with Gasteiger partial charge in [-0.1, -0.05) is 67.1 Å². The second kappa shape index (κ2) is 22.7. The molecule has 0 unspecified atom stereocenters. The van der Waals surface area contributed by atoms with E-state index in [1.54, 1.807) is 30.5 Å². The molecule has 0 radical (unpaired) electrons. The lowest BCUT2D eigenvalue weighted by molar-refractivity contribution is -0.141. The molecular weight excluding hydrogens is 953 g/mol. The monoisotopic (exact) mass is 1020 g/mol. The topological polar surface area (TPSA) is 208 Å². The summed E-state index contributed by atoms with van der Waals surface area (Å²) in [6.45, 7) is 13.3. The predicted molar refractivity (Wildman–Crippen MR) is 279 cm³/mol. The first-order valence-electron chi connectivity index (χ1n) is 25.1. The van der Waals surface area contributed by atoms with Gasteiger partial charge in [0.2, 0.25) is 17.7 Å². The van der Waals surface area contributed by atoms with Gasteiger partial charge >= 0.3 is 6.09 Å². The third-order valence-electron chi connectivity index (χ3n) is 14.1. The summed E-state index contributed by atoms with van der Waals surface area (Å²) in [4.78, 5) is 75.4. The largest absolute Gasteiger partial charge is 0.446 e. The van der Waals surface area contributed by atoms with Gasteiger partial charge in [0.05, 0.1) is 62.1 Å². The number of hydrogen-bond donors (Lipinski definition) is 4. The second-order valence-corrected chi connectivity index (χ2v) is 21.6. The van der Waals surface area contributed by atoms with E-state index >= 15 is 0 Å². The highest BCUT2D eigenvalue weighted by Gasteiger charge is 2.44. The molecule has 0 spiro atoms. The Balaban J connectivity index is 0.799. The van der Waals surface area contributed by atoms with Gasteiger partial charge < -0.3 is 34.8 Å². The van der Waals surface area contributed by atoms with Crippen LogP contribution in [0.15, 0.2) is 70.8 Å². The van der Waals surface area contributed by atoms with Gasteiger partial charge in [0.1, 0.15) is 23.8 Å². The molecule has 6 heterocycles. The molecule has 2 saturated heterocycles. The zero-order chi connectivity index (χ0) is 50.5. The number of carbonyl (C=O) groups excluding carboxylic acids is 4. The van der Waals surface area contributed by atoms with Crippen molar-refractivity contribution in [2.24, 2.45) is 5.92 Å². The maximum atomic E-state index is 14.3. The van der Waals surface area contributed by atoms with Gasteiger partial charge in [-0.05, 0) is 93.7 Å². The molecule has 4 N–H and O–H groups in total. The number of β-amino-alcohol motifs (C(OH)–C–C–N with tert-alkyl or cyclic N) is 1. The molecule has 9 rings (SSSR count). The number of ether oxygens (including phenoxy) is 1. The summed E-state index contributed by atoms with van der Waals surface area (Å²) >= 11 is 2.99. The van der Waals surface area contributed by atoms with Gasteiger partial charge in [-0.25, -0.2) is 14.8 Å². The molecule has 3 fully saturated rings.